The molecule has 0 radical (unpaired) electrons. The number of dihydropyridines is 1. The highest BCUT2D eigenvalue weighted by molar-refractivity contribution is 6.33. The number of allylic oxidation sites excluding steroid dienone is 2. The molecule has 1 aliphatic heterocycles. The van der Waals surface area contributed by atoms with Gasteiger partial charge in [-0.25, -0.2) is 9.67 Å². The van der Waals surface area contributed by atoms with Crippen molar-refractivity contribution in [2.45, 2.75) is 19.1 Å². The normalized spacial score (nSPS) is 16.0. The number of alkyl halides is 3. The third-order valence-corrected chi connectivity index (χ3v) is 5.02. The highest BCUT2D eigenvalue weighted by atomic mass is 35.5. The van der Waals surface area contributed by atoms with Crippen LogP contribution in [0.1, 0.15) is 28.5 Å². The van der Waals surface area contributed by atoms with Crippen molar-refractivity contribution in [1.82, 2.24) is 40.4 Å². The zero-order valence-electron chi connectivity index (χ0n) is 17.2. The van der Waals surface area contributed by atoms with Gasteiger partial charge in [-0.3, -0.25) is 4.79 Å². The van der Waals surface area contributed by atoms with E-state index in [0.29, 0.717) is 10.5 Å². The third-order valence-electron chi connectivity index (χ3n) is 4.73. The maximum Gasteiger partial charge on any atom is 0.434 e. The van der Waals surface area contributed by atoms with Crippen LogP contribution in [0.25, 0.3) is 11.6 Å². The number of nitrogens with two attached hydrogens (primary N) is 1. The monoisotopic (exact) mass is 490 g/mol. The molecule has 15 heteroatoms. The first kappa shape index (κ1) is 22.8. The average Bonchev–Trinajstić information content (AvgIpc) is 3.46. The Balaban J connectivity index is 1.69. The quantitative estimate of drug-likeness (QED) is 0.502. The van der Waals surface area contributed by atoms with Gasteiger partial charge < -0.3 is 16.4 Å². The lowest BCUT2D eigenvalue weighted by atomic mass is 10.1. The number of pyridine rings is 1. The fourth-order valence-electron chi connectivity index (χ4n) is 3.15. The van der Waals surface area contributed by atoms with Gasteiger partial charge in [-0.15, -0.1) is 4.80 Å². The van der Waals surface area contributed by atoms with E-state index in [1.165, 1.54) is 29.3 Å². The largest absolute Gasteiger partial charge is 0.434 e. The molecule has 1 unspecified atom stereocenters. The number of anilines is 1. The van der Waals surface area contributed by atoms with Crippen molar-refractivity contribution >= 4 is 29.1 Å². The van der Waals surface area contributed by atoms with Crippen molar-refractivity contribution in [1.29, 1.82) is 5.26 Å². The second-order valence-electron chi connectivity index (χ2n) is 6.97. The first-order valence-corrected chi connectivity index (χ1v) is 9.86. The van der Waals surface area contributed by atoms with E-state index in [9.17, 15) is 18.0 Å². The molecule has 1 amide bonds. The van der Waals surface area contributed by atoms with Gasteiger partial charge >= 0.3 is 6.18 Å². The molecule has 0 spiro atoms. The molecule has 0 saturated carbocycles. The second kappa shape index (κ2) is 8.52. The van der Waals surface area contributed by atoms with Gasteiger partial charge in [0.1, 0.15) is 11.9 Å². The van der Waals surface area contributed by atoms with Crippen LogP contribution >= 0.6 is 11.6 Å². The zero-order chi connectivity index (χ0) is 24.6. The minimum Gasteiger partial charge on any atom is -0.383 e. The minimum atomic E-state index is -4.96. The number of nitrogens with one attached hydrogen (secondary N) is 2. The smallest absolute Gasteiger partial charge is 0.383 e. The number of carbonyl (C=O) groups is 1. The molecule has 1 aliphatic rings. The van der Waals surface area contributed by atoms with E-state index in [4.69, 9.17) is 22.6 Å². The van der Waals surface area contributed by atoms with E-state index in [-0.39, 0.29) is 27.9 Å². The van der Waals surface area contributed by atoms with Crippen LogP contribution in [0.4, 0.5) is 19.0 Å². The summed E-state index contributed by atoms with van der Waals surface area (Å²) < 4.78 is 42.2. The standard InChI is InChI=1S/C19H14ClF3N10O/c1-9-13(6-12(20)17(29-9)33-26-4-5-27-33)30-18(34)11-8-28-32(15(11)19(21,22)23)14-3-2-10(7-24)16(25)31-14/h2-6,8-9,29H,1H3,(H2,25,31)(H,30,34). The predicted octanol–water partition coefficient (Wildman–Crippen LogP) is 2.00. The van der Waals surface area contributed by atoms with E-state index >= 15 is 0 Å². The van der Waals surface area contributed by atoms with Gasteiger partial charge in [0.25, 0.3) is 5.91 Å². The van der Waals surface area contributed by atoms with Gasteiger partial charge in [-0.2, -0.15) is 33.7 Å². The predicted molar refractivity (Wildman–Crippen MR) is 113 cm³/mol. The molecule has 0 aromatic carbocycles. The molecule has 4 heterocycles. The number of nitrogen functional groups attached to an aromatic ring is 1. The maximum atomic E-state index is 13.9. The van der Waals surface area contributed by atoms with Crippen molar-refractivity contribution in [2.75, 3.05) is 5.73 Å². The Morgan fingerprint density at radius 1 is 1.29 bits per heavy atom. The number of hydrogen-bond donors (Lipinski definition) is 3. The van der Waals surface area contributed by atoms with Crippen molar-refractivity contribution in [3.05, 3.63) is 64.3 Å². The van der Waals surface area contributed by atoms with E-state index in [1.54, 1.807) is 13.0 Å². The molecule has 4 rings (SSSR count). The SMILES string of the molecule is CC1NC(n2nccn2)=C(Cl)C=C1NC(=O)c1cnn(-c2ccc(C#N)c(N)n2)c1C(F)(F)F. The molecule has 0 bridgehead atoms. The third kappa shape index (κ3) is 4.16. The molecule has 3 aromatic heterocycles. The summed E-state index contributed by atoms with van der Waals surface area (Å²) >= 11 is 6.24. The van der Waals surface area contributed by atoms with Crippen molar-refractivity contribution < 1.29 is 18.0 Å². The summed E-state index contributed by atoms with van der Waals surface area (Å²) in [5, 5.41) is 26.1. The molecule has 4 N–H and O–H groups in total. The topological polar surface area (TPSA) is 152 Å². The van der Waals surface area contributed by atoms with Crippen molar-refractivity contribution in [3.63, 3.8) is 0 Å². The summed E-state index contributed by atoms with van der Waals surface area (Å²) in [4.78, 5) is 17.9. The van der Waals surface area contributed by atoms with Crippen LogP contribution in [0.15, 0.2) is 47.5 Å². The Labute approximate surface area is 194 Å². The lowest BCUT2D eigenvalue weighted by molar-refractivity contribution is -0.143. The second-order valence-corrected chi connectivity index (χ2v) is 7.37. The zero-order valence-corrected chi connectivity index (χ0v) is 17.9. The number of hydrogen-bond acceptors (Lipinski definition) is 8. The van der Waals surface area contributed by atoms with Gasteiger partial charge in [0.05, 0.1) is 40.8 Å². The van der Waals surface area contributed by atoms with Crippen LogP contribution in [0, 0.1) is 11.3 Å². The van der Waals surface area contributed by atoms with Gasteiger partial charge in [0.2, 0.25) is 0 Å². The van der Waals surface area contributed by atoms with Crippen LogP contribution in [0.2, 0.25) is 0 Å². The summed E-state index contributed by atoms with van der Waals surface area (Å²) in [5.41, 5.74) is 3.72. The van der Waals surface area contributed by atoms with Gasteiger partial charge in [0, 0.05) is 5.70 Å². The number of amides is 1. The molecule has 0 saturated heterocycles. The Bertz CT molecular complexity index is 1370. The molecule has 34 heavy (non-hydrogen) atoms. The lowest BCUT2D eigenvalue weighted by Gasteiger charge is -2.25. The number of aromatic nitrogens is 6. The number of rotatable bonds is 4. The Kier molecular flexibility index (Phi) is 5.71. The highest BCUT2D eigenvalue weighted by Gasteiger charge is 2.41. The molecule has 3 aromatic rings. The molecule has 0 fully saturated rings. The Morgan fingerprint density at radius 3 is 2.62 bits per heavy atom. The minimum absolute atomic E-state index is 0.0113. The first-order chi connectivity index (χ1) is 16.1. The van der Waals surface area contributed by atoms with Crippen LogP contribution in [-0.2, 0) is 6.18 Å². The highest BCUT2D eigenvalue weighted by Crippen LogP contribution is 2.34. The first-order valence-electron chi connectivity index (χ1n) is 9.48. The van der Waals surface area contributed by atoms with Gasteiger partial charge in [-0.1, -0.05) is 11.6 Å². The van der Waals surface area contributed by atoms with E-state index in [2.05, 4.69) is 30.9 Å². The van der Waals surface area contributed by atoms with E-state index in [0.717, 1.165) is 12.3 Å². The van der Waals surface area contributed by atoms with E-state index < -0.39 is 29.4 Å². The Hall–Kier alpha value is -4.38. The summed E-state index contributed by atoms with van der Waals surface area (Å²) in [7, 11) is 0. The number of nitriles is 1. The molecule has 0 aliphatic carbocycles. The molecule has 1 atom stereocenters. The Morgan fingerprint density at radius 2 is 2.00 bits per heavy atom. The van der Waals surface area contributed by atoms with Crippen molar-refractivity contribution in [2.24, 2.45) is 0 Å². The van der Waals surface area contributed by atoms with Crippen LogP contribution in [0.3, 0.4) is 0 Å². The van der Waals surface area contributed by atoms with E-state index in [1.807, 2.05) is 0 Å². The molecular weight excluding hydrogens is 477 g/mol. The maximum absolute atomic E-state index is 13.9. The molecule has 174 valence electrons. The fraction of sp³-hybridized carbons (Fsp3) is 0.158. The summed E-state index contributed by atoms with van der Waals surface area (Å²) in [5.74, 6) is -1.31. The number of halogens is 4. The van der Waals surface area contributed by atoms with Crippen LogP contribution in [-0.4, -0.2) is 41.7 Å². The molecule has 11 nitrogen and oxygen atoms in total. The molecular formula is C19H14ClF3N10O. The number of carbonyl (C=O) groups excluding carboxylic acids is 1. The number of nitrogens with zero attached hydrogens (tertiary/aromatic N) is 7. The van der Waals surface area contributed by atoms with Crippen molar-refractivity contribution in [3.8, 4) is 11.9 Å². The van der Waals surface area contributed by atoms with Gasteiger partial charge in [0.15, 0.2) is 17.3 Å². The summed E-state index contributed by atoms with van der Waals surface area (Å²) in [6.45, 7) is 1.66. The van der Waals surface area contributed by atoms with Crippen LogP contribution in [0.5, 0.6) is 0 Å². The lowest BCUT2D eigenvalue weighted by Crippen LogP contribution is -2.40. The van der Waals surface area contributed by atoms with Crippen LogP contribution < -0.4 is 16.4 Å². The summed E-state index contributed by atoms with van der Waals surface area (Å²) in [6, 6.07) is 3.57. The average molecular weight is 491 g/mol. The van der Waals surface area contributed by atoms with Gasteiger partial charge in [-0.05, 0) is 25.1 Å². The summed E-state index contributed by atoms with van der Waals surface area (Å²) in [6.07, 6.45) is 0.0787. The fourth-order valence-corrected chi connectivity index (χ4v) is 3.39.